The van der Waals surface area contributed by atoms with Crippen molar-refractivity contribution in [3.63, 3.8) is 0 Å². The number of imide groups is 1. The number of hydrogen-bond donors (Lipinski definition) is 1. The highest BCUT2D eigenvalue weighted by Gasteiger charge is 2.39. The molecule has 1 aromatic heterocycles. The molecule has 0 unspecified atom stereocenters. The van der Waals surface area contributed by atoms with Crippen LogP contribution in [0.1, 0.15) is 51.4 Å². The van der Waals surface area contributed by atoms with Crippen LogP contribution in [0.4, 0.5) is 0 Å². The third kappa shape index (κ3) is 2.94. The maximum Gasteiger partial charge on any atom is 0.261 e. The molecule has 146 valence electrons. The fourth-order valence-corrected chi connectivity index (χ4v) is 3.84. The van der Waals surface area contributed by atoms with Crippen molar-refractivity contribution in [3.8, 4) is 11.5 Å². The van der Waals surface area contributed by atoms with Crippen molar-refractivity contribution in [2.45, 2.75) is 31.2 Å². The SMILES string of the molecule is NC1(c2noc(-c3ccc4c(c3)C(=O)N(CCc3ccccc3)C4=O)n2)CCC1. The summed E-state index contributed by atoms with van der Waals surface area (Å²) in [6, 6.07) is 14.8. The topological polar surface area (TPSA) is 102 Å². The summed E-state index contributed by atoms with van der Waals surface area (Å²) in [5.74, 6) is 0.236. The molecule has 1 fully saturated rings. The normalized spacial score (nSPS) is 17.3. The molecular formula is C22H20N4O3. The molecule has 1 aliphatic heterocycles. The van der Waals surface area contributed by atoms with Crippen molar-refractivity contribution < 1.29 is 14.1 Å². The van der Waals surface area contributed by atoms with Crippen LogP contribution in [0.2, 0.25) is 0 Å². The zero-order valence-electron chi connectivity index (χ0n) is 15.8. The van der Waals surface area contributed by atoms with Gasteiger partial charge in [0.05, 0.1) is 16.7 Å². The first-order chi connectivity index (χ1) is 14.0. The molecule has 1 saturated carbocycles. The highest BCUT2D eigenvalue weighted by Crippen LogP contribution is 2.38. The molecule has 2 aliphatic rings. The first-order valence-corrected chi connectivity index (χ1v) is 9.73. The Morgan fingerprint density at radius 3 is 2.52 bits per heavy atom. The summed E-state index contributed by atoms with van der Waals surface area (Å²) in [6.45, 7) is 0.339. The van der Waals surface area contributed by atoms with E-state index in [1.165, 1.54) is 4.90 Å². The van der Waals surface area contributed by atoms with Crippen LogP contribution >= 0.6 is 0 Å². The fourth-order valence-electron chi connectivity index (χ4n) is 3.84. The van der Waals surface area contributed by atoms with Crippen LogP contribution in [0.25, 0.3) is 11.5 Å². The highest BCUT2D eigenvalue weighted by atomic mass is 16.5. The van der Waals surface area contributed by atoms with E-state index in [-0.39, 0.29) is 11.8 Å². The van der Waals surface area contributed by atoms with Gasteiger partial charge < -0.3 is 10.3 Å². The van der Waals surface area contributed by atoms with Crippen LogP contribution in [0, 0.1) is 0 Å². The summed E-state index contributed by atoms with van der Waals surface area (Å²) in [5, 5.41) is 4.02. The smallest absolute Gasteiger partial charge is 0.261 e. The second-order valence-electron chi connectivity index (χ2n) is 7.69. The quantitative estimate of drug-likeness (QED) is 0.674. The maximum absolute atomic E-state index is 12.9. The molecule has 7 heteroatoms. The Labute approximate surface area is 167 Å². The molecule has 29 heavy (non-hydrogen) atoms. The molecule has 0 spiro atoms. The predicted octanol–water partition coefficient (Wildman–Crippen LogP) is 2.91. The second-order valence-corrected chi connectivity index (χ2v) is 7.69. The van der Waals surface area contributed by atoms with Gasteiger partial charge in [0.25, 0.3) is 17.7 Å². The monoisotopic (exact) mass is 388 g/mol. The first kappa shape index (κ1) is 17.8. The van der Waals surface area contributed by atoms with E-state index in [1.54, 1.807) is 18.2 Å². The van der Waals surface area contributed by atoms with Crippen molar-refractivity contribution in [1.29, 1.82) is 0 Å². The van der Waals surface area contributed by atoms with Crippen LogP contribution < -0.4 is 5.73 Å². The van der Waals surface area contributed by atoms with Gasteiger partial charge in [0, 0.05) is 12.1 Å². The van der Waals surface area contributed by atoms with Gasteiger partial charge in [-0.3, -0.25) is 14.5 Å². The van der Waals surface area contributed by atoms with E-state index in [9.17, 15) is 9.59 Å². The first-order valence-electron chi connectivity index (χ1n) is 9.73. The number of benzene rings is 2. The van der Waals surface area contributed by atoms with Crippen LogP contribution in [0.3, 0.4) is 0 Å². The van der Waals surface area contributed by atoms with E-state index >= 15 is 0 Å². The van der Waals surface area contributed by atoms with Gasteiger partial charge in [0.15, 0.2) is 5.82 Å². The molecule has 0 atom stereocenters. The summed E-state index contributed by atoms with van der Waals surface area (Å²) in [5.41, 5.74) is 8.20. The van der Waals surface area contributed by atoms with Gasteiger partial charge in [0.1, 0.15) is 0 Å². The molecule has 0 radical (unpaired) electrons. The Morgan fingerprint density at radius 1 is 1.03 bits per heavy atom. The van der Waals surface area contributed by atoms with Gasteiger partial charge >= 0.3 is 0 Å². The van der Waals surface area contributed by atoms with Crippen molar-refractivity contribution in [1.82, 2.24) is 15.0 Å². The number of amides is 2. The number of aromatic nitrogens is 2. The summed E-state index contributed by atoms with van der Waals surface area (Å²) < 4.78 is 5.38. The van der Waals surface area contributed by atoms with E-state index in [0.717, 1.165) is 24.8 Å². The lowest BCUT2D eigenvalue weighted by Crippen LogP contribution is -2.44. The third-order valence-electron chi connectivity index (χ3n) is 5.80. The van der Waals surface area contributed by atoms with Gasteiger partial charge in [-0.1, -0.05) is 35.5 Å². The van der Waals surface area contributed by atoms with Crippen LogP contribution in [0.5, 0.6) is 0 Å². The number of nitrogens with two attached hydrogens (primary N) is 1. The lowest BCUT2D eigenvalue weighted by molar-refractivity contribution is 0.0656. The summed E-state index contributed by atoms with van der Waals surface area (Å²) in [7, 11) is 0. The van der Waals surface area contributed by atoms with E-state index in [2.05, 4.69) is 10.1 Å². The molecule has 2 aromatic carbocycles. The van der Waals surface area contributed by atoms with Crippen LogP contribution in [-0.2, 0) is 12.0 Å². The number of rotatable bonds is 5. The summed E-state index contributed by atoms with van der Waals surface area (Å²) >= 11 is 0. The molecule has 5 rings (SSSR count). The maximum atomic E-state index is 12.9. The Balaban J connectivity index is 1.38. The zero-order chi connectivity index (χ0) is 20.0. The lowest BCUT2D eigenvalue weighted by atomic mass is 9.77. The van der Waals surface area contributed by atoms with Crippen molar-refractivity contribution >= 4 is 11.8 Å². The van der Waals surface area contributed by atoms with E-state index < -0.39 is 5.54 Å². The number of hydrogen-bond acceptors (Lipinski definition) is 6. The fraction of sp³-hybridized carbons (Fsp3) is 0.273. The number of fused-ring (bicyclic) bond motifs is 1. The van der Waals surface area contributed by atoms with Gasteiger partial charge in [-0.2, -0.15) is 4.98 Å². The van der Waals surface area contributed by atoms with Gasteiger partial charge in [-0.05, 0) is 49.4 Å². The number of carbonyl (C=O) groups excluding carboxylic acids is 2. The molecule has 0 bridgehead atoms. The Morgan fingerprint density at radius 2 is 1.79 bits per heavy atom. The predicted molar refractivity (Wildman–Crippen MR) is 105 cm³/mol. The molecule has 3 aromatic rings. The molecule has 2 amide bonds. The van der Waals surface area contributed by atoms with E-state index in [0.29, 0.717) is 41.4 Å². The van der Waals surface area contributed by atoms with Crippen LogP contribution in [-0.4, -0.2) is 33.4 Å². The lowest BCUT2D eigenvalue weighted by Gasteiger charge is -2.34. The van der Waals surface area contributed by atoms with Gasteiger partial charge in [0.2, 0.25) is 0 Å². The molecule has 0 saturated heterocycles. The molecular weight excluding hydrogens is 368 g/mol. The number of carbonyl (C=O) groups is 2. The highest BCUT2D eigenvalue weighted by molar-refractivity contribution is 6.21. The van der Waals surface area contributed by atoms with Crippen LogP contribution in [0.15, 0.2) is 53.1 Å². The molecule has 1 aliphatic carbocycles. The average Bonchev–Trinajstić information content (AvgIpc) is 3.30. The summed E-state index contributed by atoms with van der Waals surface area (Å²) in [4.78, 5) is 31.3. The second kappa shape index (κ2) is 6.63. The van der Waals surface area contributed by atoms with Crippen molar-refractivity contribution in [2.75, 3.05) is 6.54 Å². The largest absolute Gasteiger partial charge is 0.334 e. The number of nitrogens with zero attached hydrogens (tertiary/aromatic N) is 3. The van der Waals surface area contributed by atoms with Crippen molar-refractivity contribution in [2.24, 2.45) is 5.73 Å². The minimum atomic E-state index is -0.515. The molecule has 2 N–H and O–H groups in total. The Hall–Kier alpha value is -3.32. The summed E-state index contributed by atoms with van der Waals surface area (Å²) in [6.07, 6.45) is 3.33. The molecule has 2 heterocycles. The Bertz CT molecular complexity index is 1100. The standard InChI is InChI=1S/C22H20N4O3/c23-22(10-4-11-22)21-24-18(29-25-21)15-7-8-16-17(13-15)20(28)26(19(16)27)12-9-14-5-2-1-3-6-14/h1-3,5-8,13H,4,9-12,23H2. The minimum absolute atomic E-state index is 0.269. The van der Waals surface area contributed by atoms with Gasteiger partial charge in [-0.15, -0.1) is 0 Å². The van der Waals surface area contributed by atoms with Crippen molar-refractivity contribution in [3.05, 3.63) is 71.0 Å². The van der Waals surface area contributed by atoms with Gasteiger partial charge in [-0.25, -0.2) is 0 Å². The minimum Gasteiger partial charge on any atom is -0.334 e. The third-order valence-corrected chi connectivity index (χ3v) is 5.80. The molecule has 7 nitrogen and oxygen atoms in total. The van der Waals surface area contributed by atoms with E-state index in [1.807, 2.05) is 30.3 Å². The van der Waals surface area contributed by atoms with E-state index in [4.69, 9.17) is 10.3 Å². The zero-order valence-corrected chi connectivity index (χ0v) is 15.8. The Kier molecular flexibility index (Phi) is 4.06. The average molecular weight is 388 g/mol.